The molecular formula is C23H18IN3. The van der Waals surface area contributed by atoms with Gasteiger partial charge in [-0.25, -0.2) is 15.0 Å². The Balaban J connectivity index is 1.92. The second-order valence-electron chi connectivity index (χ2n) is 6.55. The molecule has 0 saturated heterocycles. The fraction of sp³-hybridized carbons (Fsp3) is 0.0870. The van der Waals surface area contributed by atoms with E-state index in [9.17, 15) is 0 Å². The Kier molecular flexibility index (Phi) is 4.99. The first-order chi connectivity index (χ1) is 13.1. The zero-order valence-electron chi connectivity index (χ0n) is 15.1. The Morgan fingerprint density at radius 1 is 0.556 bits per heavy atom. The van der Waals surface area contributed by atoms with Crippen LogP contribution in [-0.4, -0.2) is 15.0 Å². The third-order valence-electron chi connectivity index (χ3n) is 4.29. The number of aryl methyl sites for hydroxylation is 2. The lowest BCUT2D eigenvalue weighted by atomic mass is 10.1. The normalized spacial score (nSPS) is 10.8. The van der Waals surface area contributed by atoms with Crippen molar-refractivity contribution in [2.24, 2.45) is 0 Å². The maximum absolute atomic E-state index is 4.78. The summed E-state index contributed by atoms with van der Waals surface area (Å²) in [5.74, 6) is 2.08. The first-order valence-electron chi connectivity index (χ1n) is 8.74. The summed E-state index contributed by atoms with van der Waals surface area (Å²) in [4.78, 5) is 14.3. The van der Waals surface area contributed by atoms with Gasteiger partial charge in [0.2, 0.25) is 0 Å². The summed E-state index contributed by atoms with van der Waals surface area (Å²) in [6.07, 6.45) is 0. The molecule has 4 heteroatoms. The highest BCUT2D eigenvalue weighted by Crippen LogP contribution is 2.25. The molecule has 0 N–H and O–H groups in total. The van der Waals surface area contributed by atoms with E-state index in [-0.39, 0.29) is 0 Å². The van der Waals surface area contributed by atoms with Crippen molar-refractivity contribution in [3.63, 3.8) is 0 Å². The summed E-state index contributed by atoms with van der Waals surface area (Å²) in [5.41, 5.74) is 5.35. The van der Waals surface area contributed by atoms with Crippen LogP contribution >= 0.6 is 22.6 Å². The second kappa shape index (κ2) is 7.56. The molecule has 1 heterocycles. The van der Waals surface area contributed by atoms with Gasteiger partial charge in [0.1, 0.15) is 0 Å². The predicted molar refractivity (Wildman–Crippen MR) is 118 cm³/mol. The van der Waals surface area contributed by atoms with E-state index < -0.39 is 0 Å². The van der Waals surface area contributed by atoms with Crippen molar-refractivity contribution in [3.8, 4) is 34.2 Å². The maximum Gasteiger partial charge on any atom is 0.164 e. The van der Waals surface area contributed by atoms with Crippen LogP contribution in [0.15, 0.2) is 72.8 Å². The quantitative estimate of drug-likeness (QED) is 0.345. The van der Waals surface area contributed by atoms with E-state index in [0.717, 1.165) is 16.7 Å². The molecule has 0 aliphatic rings. The molecule has 0 aliphatic carbocycles. The number of aromatic nitrogens is 3. The molecule has 0 amide bonds. The monoisotopic (exact) mass is 463 g/mol. The second-order valence-corrected chi connectivity index (χ2v) is 7.80. The highest BCUT2D eigenvalue weighted by atomic mass is 127. The molecule has 27 heavy (non-hydrogen) atoms. The Hall–Kier alpha value is -2.60. The van der Waals surface area contributed by atoms with Crippen molar-refractivity contribution in [2.75, 3.05) is 0 Å². The molecule has 0 saturated carbocycles. The number of nitrogens with zero attached hydrogens (tertiary/aromatic N) is 3. The molecule has 0 bridgehead atoms. The zero-order valence-corrected chi connectivity index (χ0v) is 17.3. The van der Waals surface area contributed by atoms with Gasteiger partial charge in [0, 0.05) is 20.3 Å². The van der Waals surface area contributed by atoms with Gasteiger partial charge in [-0.15, -0.1) is 0 Å². The molecule has 3 nitrogen and oxygen atoms in total. The number of benzene rings is 3. The average Bonchev–Trinajstić information content (AvgIpc) is 2.68. The summed E-state index contributed by atoms with van der Waals surface area (Å²) in [6.45, 7) is 4.15. The Morgan fingerprint density at radius 3 is 1.44 bits per heavy atom. The van der Waals surface area contributed by atoms with Gasteiger partial charge in [-0.3, -0.25) is 0 Å². The van der Waals surface area contributed by atoms with E-state index in [1.165, 1.54) is 14.7 Å². The lowest BCUT2D eigenvalue weighted by Gasteiger charge is -2.09. The van der Waals surface area contributed by atoms with Crippen LogP contribution in [0.5, 0.6) is 0 Å². The molecule has 3 aromatic carbocycles. The lowest BCUT2D eigenvalue weighted by molar-refractivity contribution is 1.07. The summed E-state index contributed by atoms with van der Waals surface area (Å²) in [7, 11) is 0. The van der Waals surface area contributed by atoms with E-state index in [0.29, 0.717) is 17.5 Å². The fourth-order valence-corrected chi connectivity index (χ4v) is 3.29. The SMILES string of the molecule is Cc1cccc(-c2nc(-c3ccc(I)cc3)nc(-c3cccc(C)c3)n2)c1. The van der Waals surface area contributed by atoms with Crippen LogP contribution in [0.1, 0.15) is 11.1 Å². The molecule has 0 aliphatic heterocycles. The molecule has 1 aromatic heterocycles. The molecule has 0 atom stereocenters. The van der Waals surface area contributed by atoms with Gasteiger partial charge in [-0.05, 0) is 60.7 Å². The van der Waals surface area contributed by atoms with Crippen LogP contribution in [0.3, 0.4) is 0 Å². The van der Waals surface area contributed by atoms with Gasteiger partial charge in [-0.1, -0.05) is 59.7 Å². The van der Waals surface area contributed by atoms with Crippen LogP contribution in [0.2, 0.25) is 0 Å². The number of hydrogen-bond acceptors (Lipinski definition) is 3. The van der Waals surface area contributed by atoms with Crippen molar-refractivity contribution in [1.29, 1.82) is 0 Å². The third kappa shape index (κ3) is 4.06. The largest absolute Gasteiger partial charge is 0.208 e. The Labute approximate surface area is 172 Å². The van der Waals surface area contributed by atoms with Gasteiger partial charge in [0.25, 0.3) is 0 Å². The van der Waals surface area contributed by atoms with Crippen LogP contribution in [0.25, 0.3) is 34.2 Å². The first-order valence-corrected chi connectivity index (χ1v) is 9.82. The van der Waals surface area contributed by atoms with E-state index in [1.807, 2.05) is 24.3 Å². The molecule has 4 rings (SSSR count). The summed E-state index contributed by atoms with van der Waals surface area (Å²) in [6, 6.07) is 24.8. The number of halogens is 1. The smallest absolute Gasteiger partial charge is 0.164 e. The van der Waals surface area contributed by atoms with Gasteiger partial charge in [0.15, 0.2) is 17.5 Å². The first kappa shape index (κ1) is 17.8. The standard InChI is InChI=1S/C23H18IN3/c1-15-5-3-7-18(13-15)22-25-21(17-9-11-20(24)12-10-17)26-23(27-22)19-8-4-6-16(2)14-19/h3-14H,1-2H3. The molecule has 0 fully saturated rings. The molecule has 0 unspecified atom stereocenters. The van der Waals surface area contributed by atoms with Crippen molar-refractivity contribution in [3.05, 3.63) is 87.5 Å². The van der Waals surface area contributed by atoms with E-state index in [1.54, 1.807) is 0 Å². The predicted octanol–water partition coefficient (Wildman–Crippen LogP) is 6.09. The molecule has 132 valence electrons. The average molecular weight is 463 g/mol. The van der Waals surface area contributed by atoms with Crippen molar-refractivity contribution < 1.29 is 0 Å². The molecule has 0 radical (unpaired) electrons. The van der Waals surface area contributed by atoms with Crippen molar-refractivity contribution in [1.82, 2.24) is 15.0 Å². The topological polar surface area (TPSA) is 38.7 Å². The van der Waals surface area contributed by atoms with Crippen molar-refractivity contribution >= 4 is 22.6 Å². The van der Waals surface area contributed by atoms with Crippen LogP contribution in [-0.2, 0) is 0 Å². The van der Waals surface area contributed by atoms with E-state index in [4.69, 9.17) is 15.0 Å². The molecule has 4 aromatic rings. The Morgan fingerprint density at radius 2 is 1.00 bits per heavy atom. The third-order valence-corrected chi connectivity index (χ3v) is 5.01. The lowest BCUT2D eigenvalue weighted by Crippen LogP contribution is -2.00. The van der Waals surface area contributed by atoms with Gasteiger partial charge in [0.05, 0.1) is 0 Å². The highest BCUT2D eigenvalue weighted by Gasteiger charge is 2.12. The fourth-order valence-electron chi connectivity index (χ4n) is 2.93. The van der Waals surface area contributed by atoms with Gasteiger partial charge in [-0.2, -0.15) is 0 Å². The minimum atomic E-state index is 0.689. The van der Waals surface area contributed by atoms with Crippen LogP contribution in [0, 0.1) is 17.4 Å². The minimum absolute atomic E-state index is 0.689. The van der Waals surface area contributed by atoms with Gasteiger partial charge >= 0.3 is 0 Å². The molecule has 0 spiro atoms. The zero-order chi connectivity index (χ0) is 18.8. The number of hydrogen-bond donors (Lipinski definition) is 0. The summed E-state index contributed by atoms with van der Waals surface area (Å²) < 4.78 is 1.18. The van der Waals surface area contributed by atoms with Crippen LogP contribution in [0.4, 0.5) is 0 Å². The van der Waals surface area contributed by atoms with E-state index >= 15 is 0 Å². The molecular weight excluding hydrogens is 445 g/mol. The van der Waals surface area contributed by atoms with Gasteiger partial charge < -0.3 is 0 Å². The highest BCUT2D eigenvalue weighted by molar-refractivity contribution is 14.1. The minimum Gasteiger partial charge on any atom is -0.208 e. The van der Waals surface area contributed by atoms with Crippen molar-refractivity contribution in [2.45, 2.75) is 13.8 Å². The summed E-state index contributed by atoms with van der Waals surface area (Å²) in [5, 5.41) is 0. The number of rotatable bonds is 3. The van der Waals surface area contributed by atoms with Crippen LogP contribution < -0.4 is 0 Å². The van der Waals surface area contributed by atoms with E-state index in [2.05, 4.69) is 85.0 Å². The Bertz CT molecular complexity index is 1040. The maximum atomic E-state index is 4.78. The summed E-state index contributed by atoms with van der Waals surface area (Å²) >= 11 is 2.30.